The van der Waals surface area contributed by atoms with Crippen molar-refractivity contribution >= 4 is 0 Å². The Hall–Kier alpha value is -1.85. The Morgan fingerprint density at radius 1 is 1.17 bits per heavy atom. The van der Waals surface area contributed by atoms with Crippen molar-refractivity contribution in [3.8, 4) is 0 Å². The van der Waals surface area contributed by atoms with Crippen molar-refractivity contribution in [1.29, 1.82) is 0 Å². The van der Waals surface area contributed by atoms with Crippen LogP contribution in [0.25, 0.3) is 0 Å². The highest BCUT2D eigenvalue weighted by atomic mass is 19.3. The van der Waals surface area contributed by atoms with Gasteiger partial charge in [0.1, 0.15) is 5.69 Å². The van der Waals surface area contributed by atoms with E-state index in [0.717, 1.165) is 12.1 Å². The molecule has 2 heterocycles. The van der Waals surface area contributed by atoms with Gasteiger partial charge < -0.3 is 0 Å². The van der Waals surface area contributed by atoms with Gasteiger partial charge in [0.05, 0.1) is 11.9 Å². The van der Waals surface area contributed by atoms with Crippen molar-refractivity contribution < 1.29 is 8.78 Å². The molecule has 0 aromatic carbocycles. The summed E-state index contributed by atoms with van der Waals surface area (Å²) >= 11 is 0. The summed E-state index contributed by atoms with van der Waals surface area (Å²) in [6, 6.07) is 3.38. The molecule has 0 atom stereocenters. The Morgan fingerprint density at radius 2 is 1.83 bits per heavy atom. The topological polar surface area (TPSA) is 43.6 Å². The third-order valence-electron chi connectivity index (χ3n) is 2.96. The molecule has 130 valence electrons. The fraction of sp³-hybridized carbons (Fsp3) is 0.588. The van der Waals surface area contributed by atoms with Crippen LogP contribution in [0, 0.1) is 5.92 Å². The zero-order valence-electron chi connectivity index (χ0n) is 13.8. The summed E-state index contributed by atoms with van der Waals surface area (Å²) in [6.07, 6.45) is 1.77. The van der Waals surface area contributed by atoms with Crippen molar-refractivity contribution in [1.82, 2.24) is 20.0 Å². The Labute approximate surface area is 137 Å². The van der Waals surface area contributed by atoms with E-state index in [1.807, 2.05) is 27.1 Å². The first-order valence-corrected chi connectivity index (χ1v) is 7.39. The average Bonchev–Trinajstić information content (AvgIpc) is 2.83. The maximum atomic E-state index is 12.3. The lowest BCUT2D eigenvalue weighted by Crippen LogP contribution is -1.99. The maximum absolute atomic E-state index is 12.3. The molecule has 0 amide bonds. The van der Waals surface area contributed by atoms with E-state index in [4.69, 9.17) is 0 Å². The summed E-state index contributed by atoms with van der Waals surface area (Å²) in [4.78, 5) is 5.24. The van der Waals surface area contributed by atoms with Gasteiger partial charge in [-0.3, -0.25) is 4.98 Å². The lowest BCUT2D eigenvalue weighted by atomic mass is 10.0. The number of alkyl halides is 2. The number of nitrogens with zero attached hydrogens (tertiary/aromatic N) is 4. The molecule has 2 aromatic rings. The zero-order chi connectivity index (χ0) is 16.7. The van der Waals surface area contributed by atoms with E-state index in [9.17, 15) is 8.78 Å². The quantitative estimate of drug-likeness (QED) is 0.811. The van der Waals surface area contributed by atoms with E-state index >= 15 is 0 Å². The van der Waals surface area contributed by atoms with Gasteiger partial charge in [0.2, 0.25) is 0 Å². The smallest absolute Gasteiger partial charge is 0.255 e. The highest BCUT2D eigenvalue weighted by Gasteiger charge is 2.15. The second-order valence-corrected chi connectivity index (χ2v) is 5.86. The molecular weight excluding hydrogens is 298 g/mol. The van der Waals surface area contributed by atoms with Gasteiger partial charge in [-0.15, -0.1) is 0 Å². The van der Waals surface area contributed by atoms with E-state index in [1.54, 1.807) is 16.9 Å². The van der Waals surface area contributed by atoms with Crippen LogP contribution in [0.15, 0.2) is 24.5 Å². The molecule has 6 heteroatoms. The molecule has 0 aliphatic heterocycles. The molecule has 0 radical (unpaired) electrons. The van der Waals surface area contributed by atoms with E-state index < -0.39 is 6.43 Å². The Kier molecular flexibility index (Phi) is 9.22. The van der Waals surface area contributed by atoms with Crippen LogP contribution < -0.4 is 0 Å². The lowest BCUT2D eigenvalue weighted by molar-refractivity contribution is 0.144. The number of pyridine rings is 1. The minimum Gasteiger partial charge on any atom is -0.255 e. The van der Waals surface area contributed by atoms with Crippen LogP contribution in [-0.2, 0) is 13.5 Å². The monoisotopic (exact) mass is 326 g/mol. The molecule has 0 unspecified atom stereocenters. The molecule has 0 aliphatic rings. The highest BCUT2D eigenvalue weighted by molar-refractivity contribution is 5.23. The van der Waals surface area contributed by atoms with Crippen LogP contribution in [-0.4, -0.2) is 20.0 Å². The average molecular weight is 326 g/mol. The number of aromatic nitrogens is 4. The molecule has 0 aliphatic carbocycles. The summed E-state index contributed by atoms with van der Waals surface area (Å²) in [6.45, 7) is 8.11. The molecule has 0 bridgehead atoms. The largest absolute Gasteiger partial charge is 0.280 e. The van der Waals surface area contributed by atoms with E-state index in [2.05, 4.69) is 29.0 Å². The fourth-order valence-electron chi connectivity index (χ4n) is 2.00. The van der Waals surface area contributed by atoms with Crippen LogP contribution in [0.3, 0.4) is 0 Å². The highest BCUT2D eigenvalue weighted by Crippen LogP contribution is 2.25. The summed E-state index contributed by atoms with van der Waals surface area (Å²) in [5.74, 6) is 0.763. The SMILES string of the molecule is C.CC(C)Cc1cnn(C)n1.CC(C)c1cccnc1C(F)F. The van der Waals surface area contributed by atoms with Crippen LogP contribution in [0.1, 0.15) is 64.4 Å². The van der Waals surface area contributed by atoms with Crippen LogP contribution in [0.5, 0.6) is 0 Å². The molecule has 2 aromatic heterocycles. The first kappa shape index (κ1) is 21.1. The third-order valence-corrected chi connectivity index (χ3v) is 2.96. The summed E-state index contributed by atoms with van der Waals surface area (Å²) in [5.41, 5.74) is 1.62. The van der Waals surface area contributed by atoms with Crippen molar-refractivity contribution in [2.24, 2.45) is 13.0 Å². The summed E-state index contributed by atoms with van der Waals surface area (Å²) in [7, 11) is 1.84. The molecule has 4 nitrogen and oxygen atoms in total. The van der Waals surface area contributed by atoms with Crippen LogP contribution in [0.2, 0.25) is 0 Å². The molecule has 23 heavy (non-hydrogen) atoms. The predicted octanol–water partition coefficient (Wildman–Crippen LogP) is 4.79. The first-order chi connectivity index (χ1) is 10.3. The number of rotatable bonds is 4. The van der Waals surface area contributed by atoms with Gasteiger partial charge in [0, 0.05) is 13.2 Å². The van der Waals surface area contributed by atoms with Crippen molar-refractivity contribution in [3.63, 3.8) is 0 Å². The normalized spacial score (nSPS) is 10.5. The molecule has 0 fully saturated rings. The minimum absolute atomic E-state index is 0. The molecular formula is C17H28F2N4. The van der Waals surface area contributed by atoms with E-state index in [1.165, 1.54) is 6.20 Å². The first-order valence-electron chi connectivity index (χ1n) is 7.39. The number of hydrogen-bond donors (Lipinski definition) is 0. The Morgan fingerprint density at radius 3 is 2.22 bits per heavy atom. The summed E-state index contributed by atoms with van der Waals surface area (Å²) in [5, 5.41) is 8.13. The van der Waals surface area contributed by atoms with Crippen LogP contribution in [0.4, 0.5) is 8.78 Å². The van der Waals surface area contributed by atoms with Crippen molar-refractivity contribution in [2.75, 3.05) is 0 Å². The molecule has 0 saturated carbocycles. The van der Waals surface area contributed by atoms with E-state index in [0.29, 0.717) is 11.5 Å². The fourth-order valence-corrected chi connectivity index (χ4v) is 2.00. The van der Waals surface area contributed by atoms with Gasteiger partial charge in [-0.1, -0.05) is 41.2 Å². The van der Waals surface area contributed by atoms with Gasteiger partial charge in [-0.05, 0) is 29.9 Å². The second-order valence-electron chi connectivity index (χ2n) is 5.86. The van der Waals surface area contributed by atoms with Crippen molar-refractivity contribution in [2.45, 2.75) is 53.9 Å². The maximum Gasteiger partial charge on any atom is 0.280 e. The van der Waals surface area contributed by atoms with Gasteiger partial charge >= 0.3 is 0 Å². The number of aryl methyl sites for hydroxylation is 1. The Balaban J connectivity index is 0.000000409. The van der Waals surface area contributed by atoms with Gasteiger partial charge in [-0.25, -0.2) is 8.78 Å². The molecule has 0 N–H and O–H groups in total. The van der Waals surface area contributed by atoms with E-state index in [-0.39, 0.29) is 19.0 Å². The van der Waals surface area contributed by atoms with Crippen molar-refractivity contribution in [3.05, 3.63) is 41.5 Å². The summed E-state index contributed by atoms with van der Waals surface area (Å²) < 4.78 is 24.7. The number of hydrogen-bond acceptors (Lipinski definition) is 3. The van der Waals surface area contributed by atoms with Gasteiger partial charge in [0.25, 0.3) is 6.43 Å². The van der Waals surface area contributed by atoms with Gasteiger partial charge in [-0.2, -0.15) is 15.0 Å². The Bertz CT molecular complexity index is 538. The second kappa shape index (κ2) is 10.0. The standard InChI is InChI=1S/C9H11F2N.C7H13N3.CH4/c1-6(2)7-4-3-5-12-8(7)9(10)11;1-6(2)4-7-5-8-10(3)9-7;/h3-6,9H,1-2H3;5-6H,4H2,1-3H3;1H4. The molecule has 0 spiro atoms. The van der Waals surface area contributed by atoms with Crippen LogP contribution >= 0.6 is 0 Å². The predicted molar refractivity (Wildman–Crippen MR) is 89.6 cm³/mol. The lowest BCUT2D eigenvalue weighted by Gasteiger charge is -2.09. The third kappa shape index (κ3) is 7.30. The van der Waals surface area contributed by atoms with Gasteiger partial charge in [0.15, 0.2) is 0 Å². The molecule has 2 rings (SSSR count). The minimum atomic E-state index is -2.47. The zero-order valence-corrected chi connectivity index (χ0v) is 13.8. The number of halogens is 2. The molecule has 0 saturated heterocycles.